The van der Waals surface area contributed by atoms with Gasteiger partial charge >= 0.3 is 6.18 Å². The lowest BCUT2D eigenvalue weighted by Gasteiger charge is -2.08. The molecular formula is C12H11F3N4. The number of pyridine rings is 1. The first-order valence-electron chi connectivity index (χ1n) is 5.51. The van der Waals surface area contributed by atoms with E-state index in [0.29, 0.717) is 6.54 Å². The molecule has 2 rings (SSSR count). The van der Waals surface area contributed by atoms with Crippen LogP contribution in [0.25, 0.3) is 0 Å². The van der Waals surface area contributed by atoms with Gasteiger partial charge in [0.1, 0.15) is 5.82 Å². The Balaban J connectivity index is 2.03. The summed E-state index contributed by atoms with van der Waals surface area (Å²) in [4.78, 5) is 3.98. The maximum Gasteiger partial charge on any atom is 0.435 e. The molecule has 0 aliphatic carbocycles. The summed E-state index contributed by atoms with van der Waals surface area (Å²) >= 11 is 0. The molecule has 0 amide bonds. The highest BCUT2D eigenvalue weighted by molar-refractivity contribution is 5.35. The van der Waals surface area contributed by atoms with Crippen molar-refractivity contribution in [3.63, 3.8) is 0 Å². The molecule has 0 saturated carbocycles. The van der Waals surface area contributed by atoms with Crippen LogP contribution in [-0.4, -0.2) is 15.2 Å². The van der Waals surface area contributed by atoms with Crippen molar-refractivity contribution in [2.45, 2.75) is 19.6 Å². The van der Waals surface area contributed by atoms with Crippen LogP contribution in [0.1, 0.15) is 16.8 Å². The average molecular weight is 268 g/mol. The minimum Gasteiger partial charge on any atom is -0.364 e. The molecule has 7 heteroatoms. The fourth-order valence-corrected chi connectivity index (χ4v) is 1.45. The summed E-state index contributed by atoms with van der Waals surface area (Å²) in [6, 6.07) is 4.00. The van der Waals surface area contributed by atoms with E-state index in [0.717, 1.165) is 17.2 Å². The summed E-state index contributed by atoms with van der Waals surface area (Å²) in [5.41, 5.74) is 0.988. The Morgan fingerprint density at radius 1 is 1.16 bits per heavy atom. The van der Waals surface area contributed by atoms with Crippen LogP contribution in [0.15, 0.2) is 30.6 Å². The van der Waals surface area contributed by atoms with Crippen molar-refractivity contribution in [2.75, 3.05) is 5.32 Å². The largest absolute Gasteiger partial charge is 0.435 e. The van der Waals surface area contributed by atoms with Crippen molar-refractivity contribution in [3.05, 3.63) is 47.4 Å². The molecular weight excluding hydrogens is 257 g/mol. The first-order chi connectivity index (χ1) is 8.97. The van der Waals surface area contributed by atoms with Crippen LogP contribution in [0.5, 0.6) is 0 Å². The smallest absolute Gasteiger partial charge is 0.364 e. The van der Waals surface area contributed by atoms with Gasteiger partial charge in [0.05, 0.1) is 0 Å². The predicted octanol–water partition coefficient (Wildman–Crippen LogP) is 2.81. The molecule has 0 unspecified atom stereocenters. The second-order valence-electron chi connectivity index (χ2n) is 3.96. The van der Waals surface area contributed by atoms with Gasteiger partial charge in [0.2, 0.25) is 0 Å². The van der Waals surface area contributed by atoms with Gasteiger partial charge in [-0.2, -0.15) is 13.2 Å². The van der Waals surface area contributed by atoms with Crippen LogP contribution in [0.3, 0.4) is 0 Å². The Labute approximate surface area is 107 Å². The zero-order valence-electron chi connectivity index (χ0n) is 10.1. The number of anilines is 1. The van der Waals surface area contributed by atoms with E-state index in [-0.39, 0.29) is 5.82 Å². The van der Waals surface area contributed by atoms with Gasteiger partial charge in [-0.05, 0) is 36.2 Å². The van der Waals surface area contributed by atoms with Crippen LogP contribution in [0.2, 0.25) is 0 Å². The zero-order valence-corrected chi connectivity index (χ0v) is 10.1. The normalized spacial score (nSPS) is 11.4. The number of nitrogens with one attached hydrogen (secondary N) is 1. The summed E-state index contributed by atoms with van der Waals surface area (Å²) in [6.45, 7) is 2.36. The highest BCUT2D eigenvalue weighted by atomic mass is 19.4. The fraction of sp³-hybridized carbons (Fsp3) is 0.250. The van der Waals surface area contributed by atoms with Crippen molar-refractivity contribution in [1.82, 2.24) is 15.2 Å². The SMILES string of the molecule is Cc1ccncc1CNc1ccc(C(F)(F)F)nn1. The van der Waals surface area contributed by atoms with Crippen molar-refractivity contribution >= 4 is 5.82 Å². The number of alkyl halides is 3. The summed E-state index contributed by atoms with van der Waals surface area (Å²) in [6.07, 6.45) is -1.10. The van der Waals surface area contributed by atoms with E-state index in [1.165, 1.54) is 6.07 Å². The molecule has 0 saturated heterocycles. The second kappa shape index (κ2) is 5.21. The van der Waals surface area contributed by atoms with Gasteiger partial charge in [0.15, 0.2) is 5.69 Å². The van der Waals surface area contributed by atoms with Crippen LogP contribution >= 0.6 is 0 Å². The lowest BCUT2D eigenvalue weighted by atomic mass is 10.1. The summed E-state index contributed by atoms with van der Waals surface area (Å²) in [5, 5.41) is 9.52. The van der Waals surface area contributed by atoms with E-state index in [1.54, 1.807) is 12.4 Å². The molecule has 2 aromatic heterocycles. The molecule has 100 valence electrons. The van der Waals surface area contributed by atoms with Gasteiger partial charge in [0.25, 0.3) is 0 Å². The fourth-order valence-electron chi connectivity index (χ4n) is 1.45. The lowest BCUT2D eigenvalue weighted by Crippen LogP contribution is -2.10. The van der Waals surface area contributed by atoms with Gasteiger partial charge < -0.3 is 5.32 Å². The first-order valence-corrected chi connectivity index (χ1v) is 5.51. The van der Waals surface area contributed by atoms with Crippen molar-refractivity contribution in [1.29, 1.82) is 0 Å². The molecule has 0 spiro atoms. The number of aryl methyl sites for hydroxylation is 1. The molecule has 1 N–H and O–H groups in total. The Kier molecular flexibility index (Phi) is 3.64. The standard InChI is InChI=1S/C12H11F3N4/c1-8-4-5-16-6-9(8)7-17-11-3-2-10(18-19-11)12(13,14)15/h2-6H,7H2,1H3,(H,17,19). The molecule has 4 nitrogen and oxygen atoms in total. The molecule has 19 heavy (non-hydrogen) atoms. The van der Waals surface area contributed by atoms with E-state index < -0.39 is 11.9 Å². The third-order valence-electron chi connectivity index (χ3n) is 2.56. The molecule has 2 heterocycles. The number of hydrogen-bond donors (Lipinski definition) is 1. The zero-order chi connectivity index (χ0) is 13.9. The number of nitrogens with zero attached hydrogens (tertiary/aromatic N) is 3. The van der Waals surface area contributed by atoms with Gasteiger partial charge in [-0.1, -0.05) is 0 Å². The number of hydrogen-bond acceptors (Lipinski definition) is 4. The molecule has 0 aliphatic rings. The quantitative estimate of drug-likeness (QED) is 0.930. The van der Waals surface area contributed by atoms with E-state index in [4.69, 9.17) is 0 Å². The monoisotopic (exact) mass is 268 g/mol. The predicted molar refractivity (Wildman–Crippen MR) is 63.3 cm³/mol. The first kappa shape index (κ1) is 13.3. The Morgan fingerprint density at radius 2 is 1.95 bits per heavy atom. The number of halogens is 3. The van der Waals surface area contributed by atoms with E-state index in [9.17, 15) is 13.2 Å². The Morgan fingerprint density at radius 3 is 2.53 bits per heavy atom. The van der Waals surface area contributed by atoms with Gasteiger partial charge in [0, 0.05) is 18.9 Å². The van der Waals surface area contributed by atoms with Crippen molar-refractivity contribution in [2.24, 2.45) is 0 Å². The molecule has 0 radical (unpaired) electrons. The minimum absolute atomic E-state index is 0.288. The van der Waals surface area contributed by atoms with E-state index >= 15 is 0 Å². The third-order valence-corrected chi connectivity index (χ3v) is 2.56. The number of aromatic nitrogens is 3. The molecule has 0 bridgehead atoms. The lowest BCUT2D eigenvalue weighted by molar-refractivity contribution is -0.141. The topological polar surface area (TPSA) is 50.7 Å². The Bertz CT molecular complexity index is 552. The van der Waals surface area contributed by atoms with Crippen LogP contribution in [0.4, 0.5) is 19.0 Å². The molecule has 0 atom stereocenters. The summed E-state index contributed by atoms with van der Waals surface area (Å²) in [5.74, 6) is 0.288. The molecule has 0 fully saturated rings. The van der Waals surface area contributed by atoms with Crippen LogP contribution in [-0.2, 0) is 12.7 Å². The summed E-state index contributed by atoms with van der Waals surface area (Å²) in [7, 11) is 0. The maximum absolute atomic E-state index is 12.3. The summed E-state index contributed by atoms with van der Waals surface area (Å²) < 4.78 is 36.9. The Hall–Kier alpha value is -2.18. The minimum atomic E-state index is -4.47. The van der Waals surface area contributed by atoms with Crippen molar-refractivity contribution in [3.8, 4) is 0 Å². The van der Waals surface area contributed by atoms with E-state index in [1.807, 2.05) is 13.0 Å². The van der Waals surface area contributed by atoms with Gasteiger partial charge in [-0.25, -0.2) is 0 Å². The molecule has 0 aromatic carbocycles. The van der Waals surface area contributed by atoms with Crippen LogP contribution < -0.4 is 5.32 Å². The number of rotatable bonds is 3. The van der Waals surface area contributed by atoms with Crippen LogP contribution in [0, 0.1) is 6.92 Å². The van der Waals surface area contributed by atoms with E-state index in [2.05, 4.69) is 20.5 Å². The van der Waals surface area contributed by atoms with Gasteiger partial charge in [-0.3, -0.25) is 4.98 Å². The third kappa shape index (κ3) is 3.40. The second-order valence-corrected chi connectivity index (χ2v) is 3.96. The van der Waals surface area contributed by atoms with Crippen molar-refractivity contribution < 1.29 is 13.2 Å². The highest BCUT2D eigenvalue weighted by Gasteiger charge is 2.32. The van der Waals surface area contributed by atoms with Gasteiger partial charge in [-0.15, -0.1) is 10.2 Å². The molecule has 2 aromatic rings. The molecule has 0 aliphatic heterocycles. The average Bonchev–Trinajstić information content (AvgIpc) is 2.37. The highest BCUT2D eigenvalue weighted by Crippen LogP contribution is 2.27. The maximum atomic E-state index is 12.3.